The summed E-state index contributed by atoms with van der Waals surface area (Å²) in [6, 6.07) is 7.88. The molecule has 0 saturated heterocycles. The maximum atomic E-state index is 10.9. The summed E-state index contributed by atoms with van der Waals surface area (Å²) in [4.78, 5) is 10.9. The molecule has 0 heterocycles. The highest BCUT2D eigenvalue weighted by Crippen LogP contribution is 2.35. The maximum Gasteiger partial charge on any atom is 0.320 e. The second-order valence-electron chi connectivity index (χ2n) is 5.79. The van der Waals surface area contributed by atoms with Crippen LogP contribution in [0, 0.1) is 0 Å². The predicted octanol–water partition coefficient (Wildman–Crippen LogP) is 5.19. The summed E-state index contributed by atoms with van der Waals surface area (Å²) in [5, 5.41) is 13.4. The van der Waals surface area contributed by atoms with Crippen molar-refractivity contribution in [3.05, 3.63) is 56.5 Å². The van der Waals surface area contributed by atoms with E-state index in [2.05, 4.69) is 5.32 Å². The fraction of sp³-hybridized carbons (Fsp3) is 0.316. The molecule has 0 aliphatic carbocycles. The Morgan fingerprint density at radius 2 is 1.74 bits per heavy atom. The van der Waals surface area contributed by atoms with Crippen LogP contribution in [0.3, 0.4) is 0 Å². The number of benzene rings is 2. The Hall–Kier alpha value is -1.66. The summed E-state index contributed by atoms with van der Waals surface area (Å²) in [5.74, 6) is 0.0608. The second-order valence-corrected chi connectivity index (χ2v) is 7.04. The number of carboxylic acid groups (broad SMARTS) is 1. The topological polar surface area (TPSA) is 67.8 Å². The smallest absolute Gasteiger partial charge is 0.320 e. The highest BCUT2D eigenvalue weighted by Gasteiger charge is 2.15. The van der Waals surface area contributed by atoms with Crippen LogP contribution in [0.5, 0.6) is 11.5 Å². The molecule has 0 fully saturated rings. The van der Waals surface area contributed by atoms with Crippen LogP contribution in [0.15, 0.2) is 30.3 Å². The third-order valence-electron chi connectivity index (χ3n) is 3.78. The monoisotopic (exact) mass is 431 g/mol. The van der Waals surface area contributed by atoms with Crippen molar-refractivity contribution in [1.82, 2.24) is 5.32 Å². The van der Waals surface area contributed by atoms with E-state index in [0.29, 0.717) is 38.7 Å². The van der Waals surface area contributed by atoms with Gasteiger partial charge in [0.15, 0.2) is 11.5 Å². The van der Waals surface area contributed by atoms with Crippen LogP contribution in [0.25, 0.3) is 0 Å². The molecule has 0 amide bonds. The zero-order chi connectivity index (χ0) is 20.0. The first kappa shape index (κ1) is 21.6. The third-order valence-corrected chi connectivity index (χ3v) is 4.72. The number of hydrogen-bond acceptors (Lipinski definition) is 4. The number of hydrogen-bond donors (Lipinski definition) is 2. The van der Waals surface area contributed by atoms with Gasteiger partial charge in [0.2, 0.25) is 0 Å². The van der Waals surface area contributed by atoms with Crippen LogP contribution in [-0.2, 0) is 17.9 Å². The van der Waals surface area contributed by atoms with E-state index >= 15 is 0 Å². The number of rotatable bonds is 9. The van der Waals surface area contributed by atoms with Gasteiger partial charge in [-0.2, -0.15) is 0 Å². The summed E-state index contributed by atoms with van der Waals surface area (Å²) in [6.07, 6.45) is 0. The van der Waals surface area contributed by atoms with E-state index in [1.807, 2.05) is 6.92 Å². The summed E-state index contributed by atoms with van der Waals surface area (Å²) in [7, 11) is 0. The molecule has 0 aromatic heterocycles. The first-order valence-electron chi connectivity index (χ1n) is 8.30. The molecular formula is C19H20Cl3NO4. The third kappa shape index (κ3) is 6.18. The molecule has 1 unspecified atom stereocenters. The number of halogens is 3. The average molecular weight is 433 g/mol. The minimum atomic E-state index is -0.934. The number of ether oxygens (including phenoxy) is 2. The molecular weight excluding hydrogens is 413 g/mol. The van der Waals surface area contributed by atoms with Crippen molar-refractivity contribution in [3.8, 4) is 11.5 Å². The van der Waals surface area contributed by atoms with Crippen molar-refractivity contribution >= 4 is 40.8 Å². The number of carbonyl (C=O) groups is 1. The zero-order valence-electron chi connectivity index (χ0n) is 14.9. The summed E-state index contributed by atoms with van der Waals surface area (Å²) in [6.45, 7) is 4.37. The van der Waals surface area contributed by atoms with E-state index in [-0.39, 0.29) is 13.2 Å². The quantitative estimate of drug-likeness (QED) is 0.571. The normalized spacial score (nSPS) is 11.9. The lowest BCUT2D eigenvalue weighted by Crippen LogP contribution is -2.33. The van der Waals surface area contributed by atoms with Gasteiger partial charge in [0, 0.05) is 33.2 Å². The second kappa shape index (κ2) is 10.0. The Balaban J connectivity index is 2.17. The van der Waals surface area contributed by atoms with Gasteiger partial charge in [-0.15, -0.1) is 0 Å². The largest absolute Gasteiger partial charge is 0.490 e. The van der Waals surface area contributed by atoms with Gasteiger partial charge in [0.05, 0.1) is 6.61 Å². The Bertz CT molecular complexity index is 814. The van der Waals surface area contributed by atoms with Crippen molar-refractivity contribution in [2.24, 2.45) is 0 Å². The van der Waals surface area contributed by atoms with E-state index in [4.69, 9.17) is 49.4 Å². The first-order chi connectivity index (χ1) is 12.8. The van der Waals surface area contributed by atoms with E-state index in [0.717, 1.165) is 5.56 Å². The van der Waals surface area contributed by atoms with Gasteiger partial charge in [-0.1, -0.05) is 40.9 Å². The van der Waals surface area contributed by atoms with Gasteiger partial charge in [0.25, 0.3) is 0 Å². The van der Waals surface area contributed by atoms with Crippen molar-refractivity contribution in [2.45, 2.75) is 33.0 Å². The molecule has 0 spiro atoms. The van der Waals surface area contributed by atoms with Gasteiger partial charge < -0.3 is 19.9 Å². The molecule has 0 aliphatic heterocycles. The Labute approximate surface area is 173 Å². The Morgan fingerprint density at radius 3 is 2.37 bits per heavy atom. The molecule has 2 aromatic rings. The molecule has 0 aliphatic rings. The molecule has 2 aromatic carbocycles. The lowest BCUT2D eigenvalue weighted by atomic mass is 10.1. The van der Waals surface area contributed by atoms with E-state index in [9.17, 15) is 4.79 Å². The first-order valence-corrected chi connectivity index (χ1v) is 9.43. The van der Waals surface area contributed by atoms with Gasteiger partial charge in [0.1, 0.15) is 12.6 Å². The van der Waals surface area contributed by atoms with Crippen LogP contribution in [0.2, 0.25) is 15.1 Å². The van der Waals surface area contributed by atoms with Crippen LogP contribution in [0.1, 0.15) is 25.0 Å². The zero-order valence-corrected chi connectivity index (χ0v) is 17.2. The predicted molar refractivity (Wildman–Crippen MR) is 107 cm³/mol. The molecule has 0 bridgehead atoms. The molecule has 2 N–H and O–H groups in total. The molecule has 146 valence electrons. The van der Waals surface area contributed by atoms with Gasteiger partial charge in [-0.05, 0) is 37.6 Å². The Kier molecular flexibility index (Phi) is 8.05. The molecule has 8 heteroatoms. The number of nitrogens with one attached hydrogen (secondary N) is 1. The van der Waals surface area contributed by atoms with Crippen LogP contribution < -0.4 is 14.8 Å². The summed E-state index contributed by atoms with van der Waals surface area (Å²) in [5.41, 5.74) is 1.49. The fourth-order valence-corrected chi connectivity index (χ4v) is 2.92. The summed E-state index contributed by atoms with van der Waals surface area (Å²) < 4.78 is 11.5. The fourth-order valence-electron chi connectivity index (χ4n) is 2.24. The van der Waals surface area contributed by atoms with Crippen LogP contribution in [0.4, 0.5) is 0 Å². The lowest BCUT2D eigenvalue weighted by molar-refractivity contribution is -0.139. The molecule has 5 nitrogen and oxygen atoms in total. The maximum absolute atomic E-state index is 10.9. The van der Waals surface area contributed by atoms with Gasteiger partial charge in [-0.3, -0.25) is 4.79 Å². The van der Waals surface area contributed by atoms with Gasteiger partial charge in [-0.25, -0.2) is 0 Å². The molecule has 2 rings (SSSR count). The average Bonchev–Trinajstić information content (AvgIpc) is 2.61. The van der Waals surface area contributed by atoms with Gasteiger partial charge >= 0.3 is 5.97 Å². The lowest BCUT2D eigenvalue weighted by Gasteiger charge is -2.16. The highest BCUT2D eigenvalue weighted by atomic mass is 35.5. The number of aliphatic carboxylic acids is 1. The van der Waals surface area contributed by atoms with E-state index in [1.165, 1.54) is 0 Å². The molecule has 0 saturated carbocycles. The van der Waals surface area contributed by atoms with E-state index < -0.39 is 12.0 Å². The standard InChI is InChI=1S/C19H20Cl3NO4/c1-3-26-17-6-13(9-23-11(2)19(24)25)16(22)8-18(17)27-10-12-4-5-14(20)7-15(12)21/h4-8,11,23H,3,9-10H2,1-2H3,(H,24,25). The molecule has 1 atom stereocenters. The van der Waals surface area contributed by atoms with Crippen LogP contribution in [-0.4, -0.2) is 23.7 Å². The van der Waals surface area contributed by atoms with Crippen LogP contribution >= 0.6 is 34.8 Å². The van der Waals surface area contributed by atoms with Crippen molar-refractivity contribution in [2.75, 3.05) is 6.61 Å². The molecule has 27 heavy (non-hydrogen) atoms. The SMILES string of the molecule is CCOc1cc(CNC(C)C(=O)O)c(Cl)cc1OCc1ccc(Cl)cc1Cl. The Morgan fingerprint density at radius 1 is 1.07 bits per heavy atom. The van der Waals surface area contributed by atoms with Crippen molar-refractivity contribution in [1.29, 1.82) is 0 Å². The number of carboxylic acids is 1. The molecule has 0 radical (unpaired) electrons. The van der Waals surface area contributed by atoms with E-state index in [1.54, 1.807) is 37.3 Å². The van der Waals surface area contributed by atoms with Crippen molar-refractivity contribution < 1.29 is 19.4 Å². The highest BCUT2D eigenvalue weighted by molar-refractivity contribution is 6.35. The summed E-state index contributed by atoms with van der Waals surface area (Å²) >= 11 is 18.4. The minimum absolute atomic E-state index is 0.222. The minimum Gasteiger partial charge on any atom is -0.490 e. The van der Waals surface area contributed by atoms with Crippen molar-refractivity contribution in [3.63, 3.8) is 0 Å².